The molecule has 0 aliphatic rings. The standard InChI is InChI=1S/C16H25NO3/c1-5-16(3,4)12-7-9-13(10-8-12)20-11-14(15(18)19)17-6-2/h7-10,14,17H,5-6,11H2,1-4H3,(H,18,19). The van der Waals surface area contributed by atoms with Gasteiger partial charge in [-0.15, -0.1) is 0 Å². The molecule has 1 rings (SSSR count). The van der Waals surface area contributed by atoms with Crippen molar-refractivity contribution in [3.8, 4) is 5.75 Å². The summed E-state index contributed by atoms with van der Waals surface area (Å²) in [6.07, 6.45) is 1.06. The highest BCUT2D eigenvalue weighted by molar-refractivity contribution is 5.73. The van der Waals surface area contributed by atoms with Gasteiger partial charge in [-0.05, 0) is 36.1 Å². The minimum atomic E-state index is -0.893. The Bertz CT molecular complexity index is 426. The van der Waals surface area contributed by atoms with Crippen LogP contribution in [-0.4, -0.2) is 30.3 Å². The van der Waals surface area contributed by atoms with Crippen LogP contribution in [0.2, 0.25) is 0 Å². The Morgan fingerprint density at radius 1 is 1.30 bits per heavy atom. The maximum atomic E-state index is 11.0. The van der Waals surface area contributed by atoms with E-state index < -0.39 is 12.0 Å². The molecule has 1 aromatic rings. The highest BCUT2D eigenvalue weighted by atomic mass is 16.5. The van der Waals surface area contributed by atoms with Gasteiger partial charge in [0.05, 0.1) is 0 Å². The highest BCUT2D eigenvalue weighted by Gasteiger charge is 2.19. The number of ether oxygens (including phenoxy) is 1. The van der Waals surface area contributed by atoms with Crippen LogP contribution in [0, 0.1) is 0 Å². The average molecular weight is 279 g/mol. The molecule has 4 nitrogen and oxygen atoms in total. The van der Waals surface area contributed by atoms with Gasteiger partial charge in [0.1, 0.15) is 18.4 Å². The molecule has 0 fully saturated rings. The van der Waals surface area contributed by atoms with Gasteiger partial charge in [-0.25, -0.2) is 0 Å². The van der Waals surface area contributed by atoms with Crippen LogP contribution in [0.25, 0.3) is 0 Å². The molecule has 1 unspecified atom stereocenters. The van der Waals surface area contributed by atoms with Crippen molar-refractivity contribution in [1.82, 2.24) is 5.32 Å². The molecule has 0 aliphatic heterocycles. The molecule has 0 aromatic heterocycles. The van der Waals surface area contributed by atoms with Gasteiger partial charge < -0.3 is 15.2 Å². The molecular weight excluding hydrogens is 254 g/mol. The lowest BCUT2D eigenvalue weighted by atomic mass is 9.82. The Balaban J connectivity index is 2.64. The predicted molar refractivity (Wildman–Crippen MR) is 80.4 cm³/mol. The van der Waals surface area contributed by atoms with E-state index in [1.165, 1.54) is 5.56 Å². The van der Waals surface area contributed by atoms with Gasteiger partial charge in [0.2, 0.25) is 0 Å². The van der Waals surface area contributed by atoms with Crippen molar-refractivity contribution >= 4 is 5.97 Å². The molecule has 0 radical (unpaired) electrons. The first-order valence-corrected chi connectivity index (χ1v) is 7.10. The van der Waals surface area contributed by atoms with E-state index in [1.54, 1.807) is 0 Å². The summed E-state index contributed by atoms with van der Waals surface area (Å²) in [5, 5.41) is 11.9. The summed E-state index contributed by atoms with van der Waals surface area (Å²) in [5.74, 6) is -0.194. The average Bonchev–Trinajstić information content (AvgIpc) is 2.43. The van der Waals surface area contributed by atoms with Crippen molar-refractivity contribution in [3.05, 3.63) is 29.8 Å². The molecule has 1 atom stereocenters. The monoisotopic (exact) mass is 279 g/mol. The fraction of sp³-hybridized carbons (Fsp3) is 0.562. The van der Waals surface area contributed by atoms with Crippen LogP contribution < -0.4 is 10.1 Å². The molecule has 2 N–H and O–H groups in total. The fourth-order valence-electron chi connectivity index (χ4n) is 1.85. The van der Waals surface area contributed by atoms with Crippen molar-refractivity contribution in [2.24, 2.45) is 0 Å². The van der Waals surface area contributed by atoms with Crippen LogP contribution in [-0.2, 0) is 10.2 Å². The minimum absolute atomic E-state index is 0.125. The molecule has 0 amide bonds. The number of aliphatic carboxylic acids is 1. The van der Waals surface area contributed by atoms with Gasteiger partial charge in [0, 0.05) is 0 Å². The van der Waals surface area contributed by atoms with E-state index in [-0.39, 0.29) is 12.0 Å². The number of carboxylic acids is 1. The van der Waals surface area contributed by atoms with Gasteiger partial charge in [0.15, 0.2) is 0 Å². The topological polar surface area (TPSA) is 58.6 Å². The van der Waals surface area contributed by atoms with Crippen LogP contribution in [0.5, 0.6) is 5.75 Å². The van der Waals surface area contributed by atoms with Crippen molar-refractivity contribution < 1.29 is 14.6 Å². The number of carbonyl (C=O) groups is 1. The summed E-state index contributed by atoms with van der Waals surface area (Å²) in [4.78, 5) is 11.0. The Morgan fingerprint density at radius 2 is 1.90 bits per heavy atom. The number of nitrogens with one attached hydrogen (secondary N) is 1. The third kappa shape index (κ3) is 4.53. The molecule has 0 saturated heterocycles. The summed E-state index contributed by atoms with van der Waals surface area (Å²) < 4.78 is 5.54. The van der Waals surface area contributed by atoms with E-state index in [9.17, 15) is 4.79 Å². The number of hydrogen-bond acceptors (Lipinski definition) is 3. The Morgan fingerprint density at radius 3 is 2.35 bits per heavy atom. The van der Waals surface area contributed by atoms with Crippen molar-refractivity contribution in [1.29, 1.82) is 0 Å². The zero-order valence-corrected chi connectivity index (χ0v) is 12.8. The van der Waals surface area contributed by atoms with Gasteiger partial charge in [-0.2, -0.15) is 0 Å². The quantitative estimate of drug-likeness (QED) is 0.768. The summed E-state index contributed by atoms with van der Waals surface area (Å²) in [6, 6.07) is 7.21. The lowest BCUT2D eigenvalue weighted by molar-refractivity contribution is -0.140. The molecule has 112 valence electrons. The summed E-state index contributed by atoms with van der Waals surface area (Å²) in [7, 11) is 0. The third-order valence-corrected chi connectivity index (χ3v) is 3.68. The van der Waals surface area contributed by atoms with Gasteiger partial charge in [-0.1, -0.05) is 39.8 Å². The van der Waals surface area contributed by atoms with E-state index in [2.05, 4.69) is 26.1 Å². The number of likely N-dealkylation sites (N-methyl/N-ethyl adjacent to an activating group) is 1. The summed E-state index contributed by atoms with van der Waals surface area (Å²) in [6.45, 7) is 9.17. The van der Waals surface area contributed by atoms with Crippen LogP contribution in [0.4, 0.5) is 0 Å². The van der Waals surface area contributed by atoms with Crippen molar-refractivity contribution in [3.63, 3.8) is 0 Å². The van der Waals surface area contributed by atoms with Crippen molar-refractivity contribution in [2.75, 3.05) is 13.2 Å². The van der Waals surface area contributed by atoms with E-state index in [1.807, 2.05) is 31.2 Å². The smallest absolute Gasteiger partial charge is 0.324 e. The molecule has 20 heavy (non-hydrogen) atoms. The van der Waals surface area contributed by atoms with Crippen molar-refractivity contribution in [2.45, 2.75) is 45.6 Å². The second-order valence-corrected chi connectivity index (χ2v) is 5.52. The van der Waals surface area contributed by atoms with Gasteiger partial charge >= 0.3 is 5.97 Å². The summed E-state index contributed by atoms with van der Waals surface area (Å²) >= 11 is 0. The zero-order valence-electron chi connectivity index (χ0n) is 12.8. The fourth-order valence-corrected chi connectivity index (χ4v) is 1.85. The first-order valence-electron chi connectivity index (χ1n) is 7.10. The molecule has 0 saturated carbocycles. The normalized spacial score (nSPS) is 13.0. The Labute approximate surface area is 121 Å². The number of hydrogen-bond donors (Lipinski definition) is 2. The van der Waals surface area contributed by atoms with E-state index in [4.69, 9.17) is 9.84 Å². The highest BCUT2D eigenvalue weighted by Crippen LogP contribution is 2.27. The minimum Gasteiger partial charge on any atom is -0.491 e. The van der Waals surface area contributed by atoms with E-state index in [0.717, 1.165) is 6.42 Å². The molecule has 4 heteroatoms. The number of rotatable bonds is 8. The number of carboxylic acid groups (broad SMARTS) is 1. The first-order chi connectivity index (χ1) is 9.40. The van der Waals surface area contributed by atoms with Gasteiger partial charge in [0.25, 0.3) is 0 Å². The van der Waals surface area contributed by atoms with E-state index in [0.29, 0.717) is 12.3 Å². The maximum Gasteiger partial charge on any atom is 0.324 e. The van der Waals surface area contributed by atoms with Crippen LogP contribution >= 0.6 is 0 Å². The predicted octanol–water partition coefficient (Wildman–Crippen LogP) is 2.82. The first kappa shape index (κ1) is 16.5. The Kier molecular flexibility index (Phi) is 6.02. The molecular formula is C16H25NO3. The Hall–Kier alpha value is -1.55. The van der Waals surface area contributed by atoms with Gasteiger partial charge in [-0.3, -0.25) is 4.79 Å². The maximum absolute atomic E-state index is 11.0. The molecule has 0 spiro atoms. The van der Waals surface area contributed by atoms with Crippen LogP contribution in [0.3, 0.4) is 0 Å². The lowest BCUT2D eigenvalue weighted by Gasteiger charge is -2.23. The lowest BCUT2D eigenvalue weighted by Crippen LogP contribution is -2.41. The second kappa shape index (κ2) is 7.29. The van der Waals surface area contributed by atoms with E-state index >= 15 is 0 Å². The zero-order chi connectivity index (χ0) is 15.2. The molecule has 0 aliphatic carbocycles. The third-order valence-electron chi connectivity index (χ3n) is 3.68. The number of benzene rings is 1. The van der Waals surface area contributed by atoms with Crippen LogP contribution in [0.1, 0.15) is 39.7 Å². The molecule has 0 heterocycles. The summed E-state index contributed by atoms with van der Waals surface area (Å²) in [5.41, 5.74) is 1.40. The van der Waals surface area contributed by atoms with Crippen LogP contribution in [0.15, 0.2) is 24.3 Å². The molecule has 1 aromatic carbocycles. The second-order valence-electron chi connectivity index (χ2n) is 5.52. The molecule has 0 bridgehead atoms. The SMILES string of the molecule is CCNC(COc1ccc(C(C)(C)CC)cc1)C(=O)O. The largest absolute Gasteiger partial charge is 0.491 e.